The van der Waals surface area contributed by atoms with E-state index in [2.05, 4.69) is 20.7 Å². The Balaban J connectivity index is 1.72. The van der Waals surface area contributed by atoms with Crippen molar-refractivity contribution < 1.29 is 9.53 Å². The molecule has 1 amide bonds. The number of fused-ring (bicyclic) bond motifs is 1. The van der Waals surface area contributed by atoms with E-state index in [1.54, 1.807) is 4.68 Å². The summed E-state index contributed by atoms with van der Waals surface area (Å²) in [5.74, 6) is 0.441. The first-order valence-electron chi connectivity index (χ1n) is 9.07. The van der Waals surface area contributed by atoms with Crippen molar-refractivity contribution in [2.45, 2.75) is 18.5 Å². The highest BCUT2D eigenvalue weighted by molar-refractivity contribution is 6.31. The van der Waals surface area contributed by atoms with Crippen molar-refractivity contribution in [1.82, 2.24) is 14.8 Å². The zero-order chi connectivity index (χ0) is 20.4. The van der Waals surface area contributed by atoms with Crippen molar-refractivity contribution in [3.05, 3.63) is 69.7 Å². The first kappa shape index (κ1) is 19.7. The Morgan fingerprint density at radius 3 is 2.72 bits per heavy atom. The smallest absolute Gasteiger partial charge is 0.252 e. The van der Waals surface area contributed by atoms with E-state index in [-0.39, 0.29) is 30.5 Å². The number of halogens is 2. The van der Waals surface area contributed by atoms with Gasteiger partial charge < -0.3 is 10.1 Å². The van der Waals surface area contributed by atoms with Crippen molar-refractivity contribution in [2.75, 3.05) is 24.4 Å². The first-order chi connectivity index (χ1) is 14.0. The molecule has 29 heavy (non-hydrogen) atoms. The molecule has 0 radical (unpaired) electrons. The normalized spacial score (nSPS) is 18.0. The number of anilines is 2. The van der Waals surface area contributed by atoms with Gasteiger partial charge in [0.15, 0.2) is 0 Å². The molecule has 4 rings (SSSR count). The van der Waals surface area contributed by atoms with E-state index in [0.717, 1.165) is 11.1 Å². The van der Waals surface area contributed by atoms with Gasteiger partial charge in [0, 0.05) is 17.2 Å². The summed E-state index contributed by atoms with van der Waals surface area (Å²) in [6.07, 6.45) is 0.702. The minimum atomic E-state index is -0.320. The Labute approximate surface area is 178 Å². The van der Waals surface area contributed by atoms with Gasteiger partial charge in [0.1, 0.15) is 6.61 Å². The van der Waals surface area contributed by atoms with Crippen molar-refractivity contribution in [3.63, 3.8) is 0 Å². The zero-order valence-electron chi connectivity index (χ0n) is 15.6. The highest BCUT2D eigenvalue weighted by atomic mass is 35.5. The molecule has 1 aromatic heterocycles. The number of methoxy groups -OCH3 is 1. The Morgan fingerprint density at radius 2 is 2.00 bits per heavy atom. The maximum absolute atomic E-state index is 11.9. The molecule has 7 nitrogen and oxygen atoms in total. The molecule has 0 aliphatic carbocycles. The summed E-state index contributed by atoms with van der Waals surface area (Å²) in [5, 5.41) is 11.9. The number of hydrogen-bond donors (Lipinski definition) is 2. The molecular formula is C20H19Cl2N5O2. The second-order valence-electron chi connectivity index (χ2n) is 6.71. The van der Waals surface area contributed by atoms with Gasteiger partial charge in [-0.05, 0) is 35.7 Å². The van der Waals surface area contributed by atoms with Crippen molar-refractivity contribution in [1.29, 1.82) is 0 Å². The van der Waals surface area contributed by atoms with Crippen LogP contribution in [0.15, 0.2) is 48.5 Å². The minimum absolute atomic E-state index is 0.0206. The Morgan fingerprint density at radius 1 is 1.24 bits per heavy atom. The van der Waals surface area contributed by atoms with Crippen LogP contribution >= 0.6 is 23.2 Å². The lowest BCUT2D eigenvalue weighted by atomic mass is 9.93. The Kier molecular flexibility index (Phi) is 5.71. The fourth-order valence-electron chi connectivity index (χ4n) is 3.44. The van der Waals surface area contributed by atoms with Gasteiger partial charge in [0.05, 0.1) is 12.1 Å². The molecule has 1 aliphatic rings. The van der Waals surface area contributed by atoms with Crippen molar-refractivity contribution >= 4 is 41.0 Å². The number of amides is 1. The predicted molar refractivity (Wildman–Crippen MR) is 113 cm³/mol. The third-order valence-electron chi connectivity index (χ3n) is 4.75. The van der Waals surface area contributed by atoms with Crippen LogP contribution in [0.3, 0.4) is 0 Å². The highest BCUT2D eigenvalue weighted by Crippen LogP contribution is 2.40. The van der Waals surface area contributed by atoms with Crippen LogP contribution in [0.5, 0.6) is 0 Å². The monoisotopic (exact) mass is 431 g/mol. The maximum atomic E-state index is 11.9. The van der Waals surface area contributed by atoms with Crippen LogP contribution in [0.1, 0.15) is 29.6 Å². The molecule has 0 saturated carbocycles. The van der Waals surface area contributed by atoms with Gasteiger partial charge in [-0.15, -0.1) is 5.10 Å². The van der Waals surface area contributed by atoms with E-state index in [9.17, 15) is 4.79 Å². The van der Waals surface area contributed by atoms with Gasteiger partial charge in [-0.1, -0.05) is 53.5 Å². The van der Waals surface area contributed by atoms with E-state index < -0.39 is 0 Å². The minimum Gasteiger partial charge on any atom is -0.375 e. The Hall–Kier alpha value is -2.61. The summed E-state index contributed by atoms with van der Waals surface area (Å²) in [4.78, 5) is 16.3. The predicted octanol–water partition coefficient (Wildman–Crippen LogP) is 4.32. The van der Waals surface area contributed by atoms with Crippen LogP contribution in [-0.4, -0.2) is 34.4 Å². The largest absolute Gasteiger partial charge is 0.375 e. The summed E-state index contributed by atoms with van der Waals surface area (Å²) < 4.78 is 6.61. The average molecular weight is 432 g/mol. The van der Waals surface area contributed by atoms with E-state index in [0.29, 0.717) is 22.4 Å². The van der Waals surface area contributed by atoms with Gasteiger partial charge in [-0.25, -0.2) is 4.68 Å². The second-order valence-corrected chi connectivity index (χ2v) is 7.55. The number of nitrogens with zero attached hydrogens (tertiary/aromatic N) is 3. The summed E-state index contributed by atoms with van der Waals surface area (Å²) in [7, 11) is 1.46. The summed E-state index contributed by atoms with van der Waals surface area (Å²) >= 11 is 12.5. The number of benzene rings is 2. The first-order valence-corrected chi connectivity index (χ1v) is 9.82. The van der Waals surface area contributed by atoms with Crippen LogP contribution in [0.25, 0.3) is 0 Å². The number of ether oxygens (including phenoxy) is 1. The lowest BCUT2D eigenvalue weighted by molar-refractivity contribution is -0.119. The number of rotatable bonds is 5. The standard InChI is InChI=1S/C20H19Cl2N5O2/c1-29-11-18(28)24-19-25-20-23-16(12-6-8-13(21)9-7-12)10-17(27(20)26-19)14-4-2-3-5-15(14)22/h2-9,16-17H,10-11H2,1H3,(H2,23,24,25,26,28). The van der Waals surface area contributed by atoms with Crippen LogP contribution in [0.2, 0.25) is 10.0 Å². The molecule has 9 heteroatoms. The lowest BCUT2D eigenvalue weighted by Gasteiger charge is -2.32. The Bertz CT molecular complexity index is 1020. The van der Waals surface area contributed by atoms with E-state index in [4.69, 9.17) is 27.9 Å². The van der Waals surface area contributed by atoms with E-state index in [1.807, 2.05) is 48.5 Å². The summed E-state index contributed by atoms with van der Waals surface area (Å²) in [6.45, 7) is -0.0708. The molecule has 0 bridgehead atoms. The van der Waals surface area contributed by atoms with Gasteiger partial charge >= 0.3 is 0 Å². The molecule has 2 atom stereocenters. The number of carbonyl (C=O) groups excluding carboxylic acids is 1. The van der Waals surface area contributed by atoms with Gasteiger partial charge in [-0.2, -0.15) is 4.98 Å². The lowest BCUT2D eigenvalue weighted by Crippen LogP contribution is -2.28. The fourth-order valence-corrected chi connectivity index (χ4v) is 3.83. The van der Waals surface area contributed by atoms with Crippen LogP contribution in [0, 0.1) is 0 Å². The fraction of sp³-hybridized carbons (Fsp3) is 0.250. The number of nitrogens with one attached hydrogen (secondary N) is 2. The number of hydrogen-bond acceptors (Lipinski definition) is 5. The molecular weight excluding hydrogens is 413 g/mol. The molecule has 2 N–H and O–H groups in total. The molecule has 2 aromatic carbocycles. The van der Waals surface area contributed by atoms with E-state index in [1.165, 1.54) is 7.11 Å². The van der Waals surface area contributed by atoms with Gasteiger partial charge in [0.25, 0.3) is 11.9 Å². The number of carbonyl (C=O) groups is 1. The maximum Gasteiger partial charge on any atom is 0.252 e. The quantitative estimate of drug-likeness (QED) is 0.628. The molecule has 2 unspecified atom stereocenters. The molecule has 1 aliphatic heterocycles. The molecule has 2 heterocycles. The third-order valence-corrected chi connectivity index (χ3v) is 5.35. The van der Waals surface area contributed by atoms with Crippen LogP contribution in [0.4, 0.5) is 11.9 Å². The molecule has 3 aromatic rings. The SMILES string of the molecule is COCC(=O)Nc1nc2n(n1)C(c1ccccc1Cl)CC(c1ccc(Cl)cc1)N2. The van der Waals surface area contributed by atoms with E-state index >= 15 is 0 Å². The zero-order valence-corrected chi connectivity index (χ0v) is 17.1. The third kappa shape index (κ3) is 4.22. The van der Waals surface area contributed by atoms with Crippen molar-refractivity contribution in [3.8, 4) is 0 Å². The molecule has 0 saturated heterocycles. The second kappa shape index (κ2) is 8.41. The summed E-state index contributed by atoms with van der Waals surface area (Å²) in [6, 6.07) is 15.2. The van der Waals surface area contributed by atoms with Crippen LogP contribution in [-0.2, 0) is 9.53 Å². The molecule has 0 spiro atoms. The van der Waals surface area contributed by atoms with Gasteiger partial charge in [-0.3, -0.25) is 10.1 Å². The molecule has 150 valence electrons. The van der Waals surface area contributed by atoms with Crippen LogP contribution < -0.4 is 10.6 Å². The number of aromatic nitrogens is 3. The average Bonchev–Trinajstić information content (AvgIpc) is 3.10. The highest BCUT2D eigenvalue weighted by Gasteiger charge is 2.32. The molecule has 0 fully saturated rings. The van der Waals surface area contributed by atoms with Crippen molar-refractivity contribution in [2.24, 2.45) is 0 Å². The summed E-state index contributed by atoms with van der Waals surface area (Å²) in [5.41, 5.74) is 2.02. The topological polar surface area (TPSA) is 81.1 Å². The van der Waals surface area contributed by atoms with Gasteiger partial charge in [0.2, 0.25) is 5.95 Å².